The summed E-state index contributed by atoms with van der Waals surface area (Å²) in [5, 5.41) is 18.7. The fraction of sp³-hybridized carbons (Fsp3) is 0.167. The molecule has 0 saturated heterocycles. The second-order valence-electron chi connectivity index (χ2n) is 5.12. The standard InChI is InChI=1S/C18H14BrN3O4/c1-2-3-4-5-18(23)26-17-11-8-14(12-16(17)19)21-20-13-6-9-15(10-7-13)22(24)25/h1,6-12H,3-5H2. The Morgan fingerprint density at radius 2 is 1.85 bits per heavy atom. The first kappa shape index (κ1) is 19.3. The molecule has 0 fully saturated rings. The molecule has 0 aromatic heterocycles. The van der Waals surface area contributed by atoms with Crippen molar-refractivity contribution in [1.82, 2.24) is 0 Å². The molecular formula is C18H14BrN3O4. The lowest BCUT2D eigenvalue weighted by molar-refractivity contribution is -0.384. The molecule has 0 aliphatic carbocycles. The molecular weight excluding hydrogens is 402 g/mol. The molecule has 2 rings (SSSR count). The van der Waals surface area contributed by atoms with E-state index in [0.717, 1.165) is 0 Å². The summed E-state index contributed by atoms with van der Waals surface area (Å²) in [7, 11) is 0. The van der Waals surface area contributed by atoms with E-state index >= 15 is 0 Å². The molecule has 0 aliphatic rings. The zero-order chi connectivity index (χ0) is 18.9. The summed E-state index contributed by atoms with van der Waals surface area (Å²) in [5.41, 5.74) is 0.998. The number of hydrogen-bond donors (Lipinski definition) is 0. The molecule has 0 N–H and O–H groups in total. The van der Waals surface area contributed by atoms with Crippen LogP contribution in [0.3, 0.4) is 0 Å². The number of unbranched alkanes of at least 4 members (excludes halogenated alkanes) is 1. The molecule has 0 aliphatic heterocycles. The van der Waals surface area contributed by atoms with Gasteiger partial charge in [0.25, 0.3) is 5.69 Å². The summed E-state index contributed by atoms with van der Waals surface area (Å²) in [6, 6.07) is 10.6. The van der Waals surface area contributed by atoms with E-state index in [1.54, 1.807) is 18.2 Å². The van der Waals surface area contributed by atoms with Gasteiger partial charge < -0.3 is 4.74 Å². The van der Waals surface area contributed by atoms with E-state index in [1.165, 1.54) is 24.3 Å². The highest BCUT2D eigenvalue weighted by molar-refractivity contribution is 9.10. The van der Waals surface area contributed by atoms with Crippen molar-refractivity contribution < 1.29 is 14.5 Å². The molecule has 0 heterocycles. The number of hydrogen-bond acceptors (Lipinski definition) is 6. The molecule has 7 nitrogen and oxygen atoms in total. The van der Waals surface area contributed by atoms with Gasteiger partial charge in [-0.15, -0.1) is 12.3 Å². The van der Waals surface area contributed by atoms with Crippen LogP contribution in [-0.2, 0) is 4.79 Å². The van der Waals surface area contributed by atoms with Gasteiger partial charge >= 0.3 is 5.97 Å². The van der Waals surface area contributed by atoms with Gasteiger partial charge in [0.05, 0.1) is 20.8 Å². The van der Waals surface area contributed by atoms with Gasteiger partial charge in [-0.1, -0.05) is 0 Å². The third-order valence-corrected chi connectivity index (χ3v) is 3.80. The van der Waals surface area contributed by atoms with Gasteiger partial charge in [0.2, 0.25) is 0 Å². The smallest absolute Gasteiger partial charge is 0.311 e. The fourth-order valence-corrected chi connectivity index (χ4v) is 2.35. The molecule has 26 heavy (non-hydrogen) atoms. The van der Waals surface area contributed by atoms with Crippen molar-refractivity contribution in [3.05, 3.63) is 57.1 Å². The predicted octanol–water partition coefficient (Wildman–Crippen LogP) is 5.48. The van der Waals surface area contributed by atoms with Crippen molar-refractivity contribution in [2.75, 3.05) is 0 Å². The normalized spacial score (nSPS) is 10.5. The second-order valence-corrected chi connectivity index (χ2v) is 5.97. The SMILES string of the molecule is C#CCCCC(=O)Oc1ccc(N=Nc2ccc([N+](=O)[O-])cc2)cc1Br. The molecule has 2 aromatic rings. The van der Waals surface area contributed by atoms with Gasteiger partial charge in [0, 0.05) is 25.0 Å². The highest BCUT2D eigenvalue weighted by Crippen LogP contribution is 2.31. The maximum absolute atomic E-state index is 11.7. The number of esters is 1. The van der Waals surface area contributed by atoms with Crippen molar-refractivity contribution in [2.24, 2.45) is 10.2 Å². The average molecular weight is 416 g/mol. The molecule has 132 valence electrons. The number of halogens is 1. The molecule has 0 unspecified atom stereocenters. The Morgan fingerprint density at radius 1 is 1.19 bits per heavy atom. The maximum atomic E-state index is 11.7. The predicted molar refractivity (Wildman–Crippen MR) is 99.7 cm³/mol. The number of benzene rings is 2. The lowest BCUT2D eigenvalue weighted by Crippen LogP contribution is -2.07. The summed E-state index contributed by atoms with van der Waals surface area (Å²) in [4.78, 5) is 21.8. The number of rotatable bonds is 7. The van der Waals surface area contributed by atoms with E-state index in [-0.39, 0.29) is 18.1 Å². The Balaban J connectivity index is 2.01. The van der Waals surface area contributed by atoms with Gasteiger partial charge in [-0.25, -0.2) is 0 Å². The van der Waals surface area contributed by atoms with Crippen LogP contribution in [-0.4, -0.2) is 10.9 Å². The molecule has 0 atom stereocenters. The Bertz CT molecular complexity index is 873. The van der Waals surface area contributed by atoms with Crippen LogP contribution >= 0.6 is 15.9 Å². The third-order valence-electron chi connectivity index (χ3n) is 3.18. The van der Waals surface area contributed by atoms with Crippen LogP contribution in [0.4, 0.5) is 17.1 Å². The van der Waals surface area contributed by atoms with Crippen LogP contribution in [0.15, 0.2) is 57.2 Å². The number of nitrogens with zero attached hydrogens (tertiary/aromatic N) is 3. The number of non-ortho nitro benzene ring substituents is 1. The van der Waals surface area contributed by atoms with Crippen LogP contribution in [0.2, 0.25) is 0 Å². The maximum Gasteiger partial charge on any atom is 0.311 e. The van der Waals surface area contributed by atoms with Gasteiger partial charge in [0.1, 0.15) is 5.75 Å². The summed E-state index contributed by atoms with van der Waals surface area (Å²) in [6.07, 6.45) is 6.49. The Kier molecular flexibility index (Phi) is 7.00. The third kappa shape index (κ3) is 5.79. The number of nitro groups is 1. The zero-order valence-corrected chi connectivity index (χ0v) is 15.2. The van der Waals surface area contributed by atoms with E-state index in [9.17, 15) is 14.9 Å². The van der Waals surface area contributed by atoms with Crippen molar-refractivity contribution in [3.63, 3.8) is 0 Å². The van der Waals surface area contributed by atoms with Gasteiger partial charge in [-0.05, 0) is 52.7 Å². The Morgan fingerprint density at radius 3 is 2.46 bits per heavy atom. The van der Waals surface area contributed by atoms with E-state index < -0.39 is 4.92 Å². The molecule has 0 amide bonds. The number of carbonyl (C=O) groups is 1. The van der Waals surface area contributed by atoms with E-state index in [1.807, 2.05) is 0 Å². The number of azo groups is 1. The first-order valence-electron chi connectivity index (χ1n) is 7.59. The second kappa shape index (κ2) is 9.44. The van der Waals surface area contributed by atoms with Crippen molar-refractivity contribution in [1.29, 1.82) is 0 Å². The largest absolute Gasteiger partial charge is 0.425 e. The zero-order valence-electron chi connectivity index (χ0n) is 13.6. The first-order chi connectivity index (χ1) is 12.5. The molecule has 0 radical (unpaired) electrons. The van der Waals surface area contributed by atoms with Crippen LogP contribution < -0.4 is 4.74 Å². The van der Waals surface area contributed by atoms with Crippen molar-refractivity contribution in [3.8, 4) is 18.1 Å². The minimum absolute atomic E-state index is 0.0138. The van der Waals surface area contributed by atoms with E-state index in [4.69, 9.17) is 11.2 Å². The molecule has 2 aromatic carbocycles. The highest BCUT2D eigenvalue weighted by Gasteiger charge is 2.09. The van der Waals surface area contributed by atoms with Gasteiger partial charge in [-0.2, -0.15) is 10.2 Å². The minimum Gasteiger partial charge on any atom is -0.425 e. The first-order valence-corrected chi connectivity index (χ1v) is 8.39. The minimum atomic E-state index is -0.482. The summed E-state index contributed by atoms with van der Waals surface area (Å²) < 4.78 is 5.81. The topological polar surface area (TPSA) is 94.2 Å². The highest BCUT2D eigenvalue weighted by atomic mass is 79.9. The quantitative estimate of drug-likeness (QED) is 0.114. The van der Waals surface area contributed by atoms with E-state index in [2.05, 4.69) is 32.1 Å². The molecule has 0 bridgehead atoms. The average Bonchev–Trinajstić information content (AvgIpc) is 2.62. The lowest BCUT2D eigenvalue weighted by Gasteiger charge is -2.06. The van der Waals surface area contributed by atoms with Crippen LogP contribution in [0.25, 0.3) is 0 Å². The molecule has 0 saturated carbocycles. The summed E-state index contributed by atoms with van der Waals surface area (Å²) in [6.45, 7) is 0. The van der Waals surface area contributed by atoms with Crippen LogP contribution in [0, 0.1) is 22.5 Å². The van der Waals surface area contributed by atoms with Gasteiger partial charge in [0.15, 0.2) is 0 Å². The summed E-state index contributed by atoms with van der Waals surface area (Å²) in [5.74, 6) is 2.49. The number of ether oxygens (including phenoxy) is 1. The molecule has 0 spiro atoms. The van der Waals surface area contributed by atoms with E-state index in [0.29, 0.717) is 34.4 Å². The Hall–Kier alpha value is -3.05. The van der Waals surface area contributed by atoms with Crippen molar-refractivity contribution >= 4 is 39.0 Å². The van der Waals surface area contributed by atoms with Gasteiger partial charge in [-0.3, -0.25) is 14.9 Å². The van der Waals surface area contributed by atoms with Crippen LogP contribution in [0.1, 0.15) is 19.3 Å². The van der Waals surface area contributed by atoms with Crippen LogP contribution in [0.5, 0.6) is 5.75 Å². The number of terminal acetylenes is 1. The fourth-order valence-electron chi connectivity index (χ4n) is 1.90. The number of carbonyl (C=O) groups excluding carboxylic acids is 1. The van der Waals surface area contributed by atoms with Crippen molar-refractivity contribution in [2.45, 2.75) is 19.3 Å². The lowest BCUT2D eigenvalue weighted by atomic mass is 10.2. The number of nitro benzene ring substituents is 1. The summed E-state index contributed by atoms with van der Waals surface area (Å²) >= 11 is 3.32. The molecule has 8 heteroatoms. The Labute approximate surface area is 158 Å². The monoisotopic (exact) mass is 415 g/mol.